The molecule has 0 radical (unpaired) electrons. The molecule has 1 aliphatic heterocycles. The Bertz CT molecular complexity index is 660. The second-order valence-electron chi connectivity index (χ2n) is 5.64. The zero-order valence-electron chi connectivity index (χ0n) is 13.5. The number of rotatable bonds is 6. The van der Waals surface area contributed by atoms with Gasteiger partial charge >= 0.3 is 0 Å². The molecule has 2 aromatic rings. The summed E-state index contributed by atoms with van der Waals surface area (Å²) in [5, 5.41) is 10.6. The van der Waals surface area contributed by atoms with Crippen LogP contribution in [0.4, 0.5) is 5.69 Å². The van der Waals surface area contributed by atoms with E-state index in [9.17, 15) is 4.79 Å². The van der Waals surface area contributed by atoms with Crippen molar-refractivity contribution in [3.63, 3.8) is 0 Å². The minimum atomic E-state index is -0.251. The lowest BCUT2D eigenvalue weighted by atomic mass is 10.2. The maximum Gasteiger partial charge on any atom is 0.273 e. The summed E-state index contributed by atoms with van der Waals surface area (Å²) in [5.74, 6) is -0.251. The van der Waals surface area contributed by atoms with Crippen molar-refractivity contribution in [3.05, 3.63) is 42.2 Å². The fourth-order valence-electron chi connectivity index (χ4n) is 2.66. The first-order valence-corrected chi connectivity index (χ1v) is 8.06. The van der Waals surface area contributed by atoms with Crippen LogP contribution in [0.1, 0.15) is 10.5 Å². The minimum Gasteiger partial charge on any atom is -0.373 e. The van der Waals surface area contributed by atoms with Crippen LogP contribution in [0, 0.1) is 0 Å². The molecule has 1 unspecified atom stereocenters. The quantitative estimate of drug-likeness (QED) is 0.766. The molecule has 1 fully saturated rings. The first kappa shape index (κ1) is 16.4. The Balaban J connectivity index is 1.51. The minimum absolute atomic E-state index is 0.0537. The van der Waals surface area contributed by atoms with Crippen LogP contribution in [0.15, 0.2) is 36.5 Å². The van der Waals surface area contributed by atoms with Gasteiger partial charge in [0, 0.05) is 31.9 Å². The summed E-state index contributed by atoms with van der Waals surface area (Å²) in [5.41, 5.74) is 6.91. The van der Waals surface area contributed by atoms with Crippen LogP contribution in [0.5, 0.6) is 0 Å². The molecule has 0 bridgehead atoms. The van der Waals surface area contributed by atoms with Gasteiger partial charge in [0.1, 0.15) is 0 Å². The number of hydrogen-bond donors (Lipinski definition) is 2. The number of hydrogen-bond acceptors (Lipinski definition) is 6. The van der Waals surface area contributed by atoms with Gasteiger partial charge in [0.2, 0.25) is 0 Å². The number of nitrogens with two attached hydrogens (primary N) is 1. The maximum atomic E-state index is 12.1. The Morgan fingerprint density at radius 1 is 1.38 bits per heavy atom. The van der Waals surface area contributed by atoms with Gasteiger partial charge in [-0.15, -0.1) is 5.10 Å². The number of ether oxygens (including phenoxy) is 1. The summed E-state index contributed by atoms with van der Waals surface area (Å²) in [6, 6.07) is 10.2. The van der Waals surface area contributed by atoms with E-state index in [4.69, 9.17) is 10.5 Å². The summed E-state index contributed by atoms with van der Waals surface area (Å²) in [6.45, 7) is 3.66. The van der Waals surface area contributed by atoms with Crippen LogP contribution in [0.25, 0.3) is 0 Å². The topological polar surface area (TPSA) is 98.3 Å². The van der Waals surface area contributed by atoms with Gasteiger partial charge in [-0.2, -0.15) is 0 Å². The van der Waals surface area contributed by atoms with E-state index in [1.54, 1.807) is 10.9 Å². The molecule has 0 spiro atoms. The highest BCUT2D eigenvalue weighted by atomic mass is 16.5. The first-order valence-electron chi connectivity index (χ1n) is 8.06. The highest BCUT2D eigenvalue weighted by molar-refractivity contribution is 5.91. The van der Waals surface area contributed by atoms with Crippen LogP contribution >= 0.6 is 0 Å². The van der Waals surface area contributed by atoms with Crippen LogP contribution in [-0.4, -0.2) is 59.8 Å². The van der Waals surface area contributed by atoms with Crippen molar-refractivity contribution in [2.45, 2.75) is 12.6 Å². The number of carbonyl (C=O) groups is 1. The van der Waals surface area contributed by atoms with E-state index in [2.05, 4.69) is 32.7 Å². The van der Waals surface area contributed by atoms with Crippen LogP contribution in [0.3, 0.4) is 0 Å². The van der Waals surface area contributed by atoms with E-state index in [1.165, 1.54) is 5.69 Å². The number of benzene rings is 1. The molecule has 1 aromatic carbocycles. The number of carbonyl (C=O) groups excluding carboxylic acids is 1. The Morgan fingerprint density at radius 2 is 2.21 bits per heavy atom. The predicted molar refractivity (Wildman–Crippen MR) is 89.8 cm³/mol. The zero-order chi connectivity index (χ0) is 16.8. The number of amides is 1. The van der Waals surface area contributed by atoms with Gasteiger partial charge in [-0.25, -0.2) is 0 Å². The van der Waals surface area contributed by atoms with Gasteiger partial charge in [0.25, 0.3) is 5.91 Å². The molecule has 1 aliphatic rings. The van der Waals surface area contributed by atoms with E-state index in [0.29, 0.717) is 31.9 Å². The lowest BCUT2D eigenvalue weighted by molar-refractivity contribution is 0.0396. The van der Waals surface area contributed by atoms with Crippen molar-refractivity contribution in [3.8, 4) is 0 Å². The second kappa shape index (κ2) is 7.89. The van der Waals surface area contributed by atoms with Crippen LogP contribution in [0.2, 0.25) is 0 Å². The van der Waals surface area contributed by atoms with Crippen LogP contribution in [-0.2, 0) is 11.3 Å². The number of para-hydroxylation sites is 1. The molecule has 1 atom stereocenters. The molecule has 2 heterocycles. The van der Waals surface area contributed by atoms with Gasteiger partial charge in [-0.05, 0) is 12.1 Å². The molecule has 1 saturated heterocycles. The van der Waals surface area contributed by atoms with Crippen molar-refractivity contribution < 1.29 is 9.53 Å². The Labute approximate surface area is 140 Å². The van der Waals surface area contributed by atoms with E-state index in [1.807, 2.05) is 18.2 Å². The van der Waals surface area contributed by atoms with Crippen LogP contribution < -0.4 is 16.0 Å². The molecule has 0 saturated carbocycles. The Hall–Kier alpha value is -2.45. The van der Waals surface area contributed by atoms with E-state index in [-0.39, 0.29) is 12.0 Å². The molecular formula is C16H22N6O2. The third kappa shape index (κ3) is 4.09. The van der Waals surface area contributed by atoms with Crippen molar-refractivity contribution in [2.75, 3.05) is 37.7 Å². The molecule has 8 heteroatoms. The molecule has 3 N–H and O–H groups in total. The molecule has 3 rings (SSSR count). The number of aromatic nitrogens is 3. The molecule has 24 heavy (non-hydrogen) atoms. The van der Waals surface area contributed by atoms with E-state index >= 15 is 0 Å². The molecule has 1 aromatic heterocycles. The van der Waals surface area contributed by atoms with Gasteiger partial charge < -0.3 is 20.7 Å². The number of anilines is 1. The third-order valence-electron chi connectivity index (χ3n) is 3.88. The third-order valence-corrected chi connectivity index (χ3v) is 3.88. The second-order valence-corrected chi connectivity index (χ2v) is 5.64. The zero-order valence-corrected chi connectivity index (χ0v) is 13.5. The summed E-state index contributed by atoms with van der Waals surface area (Å²) >= 11 is 0. The monoisotopic (exact) mass is 330 g/mol. The fraction of sp³-hybridized carbons (Fsp3) is 0.438. The van der Waals surface area contributed by atoms with Gasteiger partial charge in [-0.1, -0.05) is 23.4 Å². The largest absolute Gasteiger partial charge is 0.373 e. The van der Waals surface area contributed by atoms with Gasteiger partial charge in [-0.3, -0.25) is 9.48 Å². The Kier molecular flexibility index (Phi) is 5.39. The molecule has 1 amide bonds. The fourth-order valence-corrected chi connectivity index (χ4v) is 2.66. The van der Waals surface area contributed by atoms with E-state index < -0.39 is 0 Å². The average Bonchev–Trinajstić information content (AvgIpc) is 3.10. The Morgan fingerprint density at radius 3 is 3.00 bits per heavy atom. The van der Waals surface area contributed by atoms with E-state index in [0.717, 1.165) is 13.1 Å². The lowest BCUT2D eigenvalue weighted by Gasteiger charge is -2.34. The number of nitrogens with zero attached hydrogens (tertiary/aromatic N) is 4. The molecule has 0 aliphatic carbocycles. The molecular weight excluding hydrogens is 308 g/mol. The number of nitrogens with one attached hydrogen (secondary N) is 1. The SMILES string of the molecule is NCCn1cc(C(=O)NCC2CN(c3ccccc3)CCO2)nn1. The van der Waals surface area contributed by atoms with Crippen molar-refractivity contribution in [1.29, 1.82) is 0 Å². The maximum absolute atomic E-state index is 12.1. The summed E-state index contributed by atoms with van der Waals surface area (Å²) in [4.78, 5) is 14.4. The van der Waals surface area contributed by atoms with Crippen molar-refractivity contribution >= 4 is 11.6 Å². The van der Waals surface area contributed by atoms with Gasteiger partial charge in [0.05, 0.1) is 25.5 Å². The summed E-state index contributed by atoms with van der Waals surface area (Å²) in [6.07, 6.45) is 1.54. The lowest BCUT2D eigenvalue weighted by Crippen LogP contribution is -2.47. The average molecular weight is 330 g/mol. The summed E-state index contributed by atoms with van der Waals surface area (Å²) < 4.78 is 7.30. The number of morpholine rings is 1. The van der Waals surface area contributed by atoms with Crippen molar-refractivity contribution in [2.24, 2.45) is 5.73 Å². The smallest absolute Gasteiger partial charge is 0.273 e. The standard InChI is InChI=1S/C16H22N6O2/c17-6-7-22-12-15(19-20-22)16(23)18-10-14-11-21(8-9-24-14)13-4-2-1-3-5-13/h1-5,12,14H,6-11,17H2,(H,18,23). The predicted octanol–water partition coefficient (Wildman–Crippen LogP) is -0.128. The highest BCUT2D eigenvalue weighted by Gasteiger charge is 2.22. The summed E-state index contributed by atoms with van der Waals surface area (Å²) in [7, 11) is 0. The van der Waals surface area contributed by atoms with Gasteiger partial charge in [0.15, 0.2) is 5.69 Å². The normalized spacial score (nSPS) is 17.7. The molecule has 128 valence electrons. The first-order chi connectivity index (χ1) is 11.8. The molecule has 8 nitrogen and oxygen atoms in total. The van der Waals surface area contributed by atoms with Crippen molar-refractivity contribution in [1.82, 2.24) is 20.3 Å². The highest BCUT2D eigenvalue weighted by Crippen LogP contribution is 2.16.